The zero-order valence-electron chi connectivity index (χ0n) is 10.0. The van der Waals surface area contributed by atoms with E-state index in [0.717, 1.165) is 0 Å². The molecule has 0 aliphatic rings. The fourth-order valence-electron chi connectivity index (χ4n) is 1.19. The van der Waals surface area contributed by atoms with Crippen LogP contribution in [-0.2, 0) is 21.3 Å². The molecule has 0 spiro atoms. The number of anilines is 1. The molecule has 0 aliphatic heterocycles. The van der Waals surface area contributed by atoms with Crippen LogP contribution in [0.25, 0.3) is 0 Å². The fraction of sp³-hybridized carbons (Fsp3) is 0.667. The predicted octanol–water partition coefficient (Wildman–Crippen LogP) is -0.509. The topological polar surface area (TPSA) is 85.3 Å². The number of methoxy groups -OCH3 is 1. The first-order chi connectivity index (χ1) is 8.07. The minimum atomic E-state index is -3.30. The van der Waals surface area contributed by atoms with Crippen molar-refractivity contribution in [3.63, 3.8) is 0 Å². The van der Waals surface area contributed by atoms with Crippen LogP contribution in [0.5, 0.6) is 0 Å². The van der Waals surface area contributed by atoms with Gasteiger partial charge in [0.2, 0.25) is 10.0 Å². The number of nitrogens with one attached hydrogen (secondary N) is 2. The number of aromatic nitrogens is 2. The maximum Gasteiger partial charge on any atom is 0.234 e. The first kappa shape index (κ1) is 13.9. The van der Waals surface area contributed by atoms with Gasteiger partial charge in [-0.05, 0) is 7.05 Å². The summed E-state index contributed by atoms with van der Waals surface area (Å²) in [5.41, 5.74) is 0.470. The molecule has 98 valence electrons. The van der Waals surface area contributed by atoms with Crippen LogP contribution < -0.4 is 10.0 Å². The normalized spacial score (nSPS) is 11.6. The molecule has 0 saturated carbocycles. The molecule has 0 bridgehead atoms. The van der Waals surface area contributed by atoms with E-state index < -0.39 is 10.0 Å². The summed E-state index contributed by atoms with van der Waals surface area (Å²) >= 11 is 0. The molecular weight excluding hydrogens is 244 g/mol. The summed E-state index contributed by atoms with van der Waals surface area (Å²) in [7, 11) is 0.00766. The summed E-state index contributed by atoms with van der Waals surface area (Å²) in [6, 6.07) is 0. The number of rotatable bonds is 8. The van der Waals surface area contributed by atoms with E-state index in [1.54, 1.807) is 25.0 Å². The van der Waals surface area contributed by atoms with Gasteiger partial charge in [0.05, 0.1) is 30.8 Å². The number of sulfonamides is 1. The lowest BCUT2D eigenvalue weighted by molar-refractivity contribution is 0.183. The summed E-state index contributed by atoms with van der Waals surface area (Å²) < 4.78 is 32.1. The van der Waals surface area contributed by atoms with Crippen molar-refractivity contribution in [1.29, 1.82) is 0 Å². The lowest BCUT2D eigenvalue weighted by Crippen LogP contribution is -2.24. The van der Waals surface area contributed by atoms with Gasteiger partial charge in [-0.1, -0.05) is 0 Å². The summed E-state index contributed by atoms with van der Waals surface area (Å²) in [6.07, 6.45) is 3.11. The number of ether oxygens (including phenoxy) is 1. The van der Waals surface area contributed by atoms with E-state index in [1.807, 2.05) is 0 Å². The molecule has 0 radical (unpaired) electrons. The molecule has 1 heterocycles. The Hall–Kier alpha value is -1.12. The van der Waals surface area contributed by atoms with Crippen LogP contribution in [0.4, 0.5) is 5.69 Å². The Morgan fingerprint density at radius 2 is 2.29 bits per heavy atom. The first-order valence-electron chi connectivity index (χ1n) is 5.24. The van der Waals surface area contributed by atoms with Crippen molar-refractivity contribution in [2.75, 3.05) is 37.8 Å². The molecule has 2 N–H and O–H groups in total. The number of hydrogen-bond donors (Lipinski definition) is 2. The second-order valence-electron chi connectivity index (χ2n) is 3.51. The molecule has 1 aromatic rings. The minimum absolute atomic E-state index is 0.0345. The predicted molar refractivity (Wildman–Crippen MR) is 65.4 cm³/mol. The molecule has 1 aromatic heterocycles. The Labute approximate surface area is 101 Å². The molecule has 0 unspecified atom stereocenters. The maximum absolute atomic E-state index is 11.6. The molecule has 0 fully saturated rings. The van der Waals surface area contributed by atoms with Crippen molar-refractivity contribution < 1.29 is 13.2 Å². The molecule has 17 heavy (non-hydrogen) atoms. The first-order valence-corrected chi connectivity index (χ1v) is 6.89. The summed E-state index contributed by atoms with van der Waals surface area (Å²) in [4.78, 5) is 0. The minimum Gasteiger partial charge on any atom is -0.383 e. The van der Waals surface area contributed by atoms with Gasteiger partial charge in [0, 0.05) is 19.9 Å². The zero-order chi connectivity index (χ0) is 12.7. The van der Waals surface area contributed by atoms with Crippen molar-refractivity contribution in [2.45, 2.75) is 6.54 Å². The van der Waals surface area contributed by atoms with Crippen molar-refractivity contribution in [3.8, 4) is 0 Å². The fourth-order valence-corrected chi connectivity index (χ4v) is 2.23. The highest BCUT2D eigenvalue weighted by atomic mass is 32.2. The van der Waals surface area contributed by atoms with Crippen molar-refractivity contribution in [2.24, 2.45) is 0 Å². The third-order valence-corrected chi connectivity index (χ3v) is 3.34. The van der Waals surface area contributed by atoms with Gasteiger partial charge in [0.1, 0.15) is 0 Å². The van der Waals surface area contributed by atoms with Crippen LogP contribution >= 0.6 is 0 Å². The molecular formula is C9H18N4O3S. The summed E-state index contributed by atoms with van der Waals surface area (Å²) in [5, 5.41) is 6.80. The largest absolute Gasteiger partial charge is 0.383 e. The van der Waals surface area contributed by atoms with Crippen LogP contribution in [-0.4, -0.2) is 51.3 Å². The van der Waals surface area contributed by atoms with Gasteiger partial charge in [-0.15, -0.1) is 0 Å². The van der Waals surface area contributed by atoms with Crippen molar-refractivity contribution in [1.82, 2.24) is 15.1 Å². The molecule has 0 amide bonds. The van der Waals surface area contributed by atoms with E-state index in [1.165, 1.54) is 6.20 Å². The third-order valence-electron chi connectivity index (χ3n) is 2.05. The Kier molecular flexibility index (Phi) is 5.39. The van der Waals surface area contributed by atoms with E-state index in [-0.39, 0.29) is 5.75 Å². The van der Waals surface area contributed by atoms with Crippen LogP contribution in [0.15, 0.2) is 12.4 Å². The molecule has 0 aromatic carbocycles. The van der Waals surface area contributed by atoms with E-state index in [9.17, 15) is 8.42 Å². The Bertz CT molecular complexity index is 429. The van der Waals surface area contributed by atoms with Crippen LogP contribution in [0.3, 0.4) is 0 Å². The van der Waals surface area contributed by atoms with E-state index in [2.05, 4.69) is 15.1 Å². The number of nitrogens with zero attached hydrogens (tertiary/aromatic N) is 2. The monoisotopic (exact) mass is 262 g/mol. The standard InChI is InChI=1S/C9H18N4O3S/c1-10-3-6-17(14,15)12-9-7-11-13(8-9)4-5-16-2/h7-8,10,12H,3-6H2,1-2H3. The number of hydrogen-bond acceptors (Lipinski definition) is 5. The average Bonchev–Trinajstić information content (AvgIpc) is 2.70. The van der Waals surface area contributed by atoms with Gasteiger partial charge in [-0.25, -0.2) is 8.42 Å². The van der Waals surface area contributed by atoms with Gasteiger partial charge < -0.3 is 10.1 Å². The Balaban J connectivity index is 2.53. The highest BCUT2D eigenvalue weighted by molar-refractivity contribution is 7.92. The Morgan fingerprint density at radius 1 is 1.53 bits per heavy atom. The lowest BCUT2D eigenvalue weighted by atomic mass is 10.6. The van der Waals surface area contributed by atoms with Crippen LogP contribution in [0.1, 0.15) is 0 Å². The molecule has 7 nitrogen and oxygen atoms in total. The van der Waals surface area contributed by atoms with Gasteiger partial charge in [-0.3, -0.25) is 9.40 Å². The molecule has 8 heteroatoms. The molecule has 0 saturated heterocycles. The second kappa shape index (κ2) is 6.58. The van der Waals surface area contributed by atoms with Gasteiger partial charge >= 0.3 is 0 Å². The SMILES string of the molecule is CNCCS(=O)(=O)Nc1cnn(CCOC)c1. The zero-order valence-corrected chi connectivity index (χ0v) is 10.8. The van der Waals surface area contributed by atoms with E-state index in [0.29, 0.717) is 25.4 Å². The van der Waals surface area contributed by atoms with Gasteiger partial charge in [0.25, 0.3) is 0 Å². The second-order valence-corrected chi connectivity index (χ2v) is 5.35. The lowest BCUT2D eigenvalue weighted by Gasteiger charge is -2.04. The third kappa shape index (κ3) is 5.16. The smallest absolute Gasteiger partial charge is 0.234 e. The van der Waals surface area contributed by atoms with Crippen molar-refractivity contribution >= 4 is 15.7 Å². The highest BCUT2D eigenvalue weighted by Gasteiger charge is 2.10. The van der Waals surface area contributed by atoms with Gasteiger partial charge in [0.15, 0.2) is 0 Å². The van der Waals surface area contributed by atoms with Crippen LogP contribution in [0.2, 0.25) is 0 Å². The van der Waals surface area contributed by atoms with Gasteiger partial charge in [-0.2, -0.15) is 5.10 Å². The molecule has 0 aliphatic carbocycles. The highest BCUT2D eigenvalue weighted by Crippen LogP contribution is 2.07. The summed E-state index contributed by atoms with van der Waals surface area (Å²) in [5.74, 6) is 0.0345. The maximum atomic E-state index is 11.6. The van der Waals surface area contributed by atoms with Crippen LogP contribution in [0, 0.1) is 0 Å². The van der Waals surface area contributed by atoms with E-state index >= 15 is 0 Å². The summed E-state index contributed by atoms with van der Waals surface area (Å²) in [6.45, 7) is 1.54. The molecule has 0 atom stereocenters. The average molecular weight is 262 g/mol. The van der Waals surface area contributed by atoms with E-state index in [4.69, 9.17) is 4.74 Å². The molecule has 1 rings (SSSR count). The quantitative estimate of drug-likeness (QED) is 0.659. The van der Waals surface area contributed by atoms with Crippen molar-refractivity contribution in [3.05, 3.63) is 12.4 Å². The Morgan fingerprint density at radius 3 is 2.94 bits per heavy atom.